The Morgan fingerprint density at radius 2 is 2.04 bits per heavy atom. The first-order chi connectivity index (χ1) is 12.7. The van der Waals surface area contributed by atoms with Crippen molar-refractivity contribution in [1.29, 1.82) is 0 Å². The predicted octanol–water partition coefficient (Wildman–Crippen LogP) is 2.84. The van der Waals surface area contributed by atoms with Crippen LogP contribution in [0.25, 0.3) is 11.0 Å². The number of anilines is 1. The third-order valence-electron chi connectivity index (χ3n) is 4.42. The van der Waals surface area contributed by atoms with Crippen molar-refractivity contribution < 1.29 is 4.79 Å². The molecule has 0 bridgehead atoms. The predicted molar refractivity (Wildman–Crippen MR) is 106 cm³/mol. The van der Waals surface area contributed by atoms with Crippen LogP contribution in [0.5, 0.6) is 0 Å². The van der Waals surface area contributed by atoms with Gasteiger partial charge in [0.1, 0.15) is 5.82 Å². The van der Waals surface area contributed by atoms with E-state index in [2.05, 4.69) is 22.2 Å². The van der Waals surface area contributed by atoms with Gasteiger partial charge in [-0.25, -0.2) is 14.6 Å². The molecule has 26 heavy (non-hydrogen) atoms. The number of fused-ring (bicyclic) bond motifs is 1. The Kier molecular flexibility index (Phi) is 6.71. The molecule has 142 valence electrons. The maximum atomic E-state index is 11.7. The minimum atomic E-state index is 0.0931. The molecular weight excluding hydrogens is 348 g/mol. The number of hydrogen-bond acceptors (Lipinski definition) is 6. The Morgan fingerprint density at radius 1 is 1.23 bits per heavy atom. The molecule has 1 N–H and O–H groups in total. The van der Waals surface area contributed by atoms with Crippen molar-refractivity contribution in [3.8, 4) is 0 Å². The lowest BCUT2D eigenvalue weighted by molar-refractivity contribution is -0.121. The second-order valence-electron chi connectivity index (χ2n) is 6.58. The first-order valence-electron chi connectivity index (χ1n) is 9.61. The van der Waals surface area contributed by atoms with Gasteiger partial charge in [0, 0.05) is 31.8 Å². The molecule has 1 aliphatic rings. The van der Waals surface area contributed by atoms with E-state index < -0.39 is 0 Å². The van der Waals surface area contributed by atoms with Gasteiger partial charge in [-0.05, 0) is 25.7 Å². The van der Waals surface area contributed by atoms with Crippen LogP contribution in [0, 0.1) is 0 Å². The highest BCUT2D eigenvalue weighted by molar-refractivity contribution is 7.99. The van der Waals surface area contributed by atoms with Crippen molar-refractivity contribution in [3.05, 3.63) is 6.20 Å². The number of carbonyl (C=O) groups excluding carboxylic acids is 1. The van der Waals surface area contributed by atoms with Crippen molar-refractivity contribution in [2.45, 2.75) is 57.7 Å². The summed E-state index contributed by atoms with van der Waals surface area (Å²) in [6.45, 7) is 7.44. The Hall–Kier alpha value is -1.83. The quantitative estimate of drug-likeness (QED) is 0.536. The van der Waals surface area contributed by atoms with Crippen LogP contribution in [-0.4, -0.2) is 51.0 Å². The zero-order valence-corrected chi connectivity index (χ0v) is 16.5. The molecular formula is C18H28N6OS. The third kappa shape index (κ3) is 4.47. The molecule has 0 saturated carbocycles. The van der Waals surface area contributed by atoms with Crippen LogP contribution in [-0.2, 0) is 11.3 Å². The van der Waals surface area contributed by atoms with E-state index in [1.54, 1.807) is 11.8 Å². The fourth-order valence-electron chi connectivity index (χ4n) is 3.13. The van der Waals surface area contributed by atoms with Gasteiger partial charge in [-0.15, -0.1) is 0 Å². The Morgan fingerprint density at radius 3 is 2.77 bits per heavy atom. The first-order valence-corrected chi connectivity index (χ1v) is 10.6. The minimum absolute atomic E-state index is 0.0931. The van der Waals surface area contributed by atoms with Gasteiger partial charge < -0.3 is 10.2 Å². The van der Waals surface area contributed by atoms with E-state index in [9.17, 15) is 4.79 Å². The largest absolute Gasteiger partial charge is 0.356 e. The molecule has 2 aromatic heterocycles. The van der Waals surface area contributed by atoms with E-state index in [1.807, 2.05) is 17.8 Å². The van der Waals surface area contributed by atoms with Gasteiger partial charge in [0.2, 0.25) is 5.91 Å². The maximum Gasteiger partial charge on any atom is 0.220 e. The van der Waals surface area contributed by atoms with Crippen molar-refractivity contribution in [1.82, 2.24) is 25.1 Å². The number of rotatable bonds is 9. The van der Waals surface area contributed by atoms with Crippen molar-refractivity contribution in [2.75, 3.05) is 30.3 Å². The zero-order chi connectivity index (χ0) is 18.4. The first kappa shape index (κ1) is 18.9. The summed E-state index contributed by atoms with van der Waals surface area (Å²) < 4.78 is 1.89. The van der Waals surface area contributed by atoms with Gasteiger partial charge in [0.25, 0.3) is 0 Å². The van der Waals surface area contributed by atoms with E-state index >= 15 is 0 Å². The number of aromatic nitrogens is 4. The van der Waals surface area contributed by atoms with Crippen molar-refractivity contribution >= 4 is 34.5 Å². The fourth-order valence-corrected chi connectivity index (χ4v) is 3.82. The van der Waals surface area contributed by atoms with Crippen LogP contribution in [0.1, 0.15) is 46.0 Å². The van der Waals surface area contributed by atoms with Gasteiger partial charge in [0.15, 0.2) is 10.8 Å². The molecule has 3 heterocycles. The van der Waals surface area contributed by atoms with Crippen molar-refractivity contribution in [2.24, 2.45) is 0 Å². The summed E-state index contributed by atoms with van der Waals surface area (Å²) in [6.07, 6.45) is 6.81. The number of carbonyl (C=O) groups is 1. The van der Waals surface area contributed by atoms with Crippen LogP contribution < -0.4 is 10.2 Å². The van der Waals surface area contributed by atoms with E-state index in [1.165, 1.54) is 12.8 Å². The molecule has 8 heteroatoms. The summed E-state index contributed by atoms with van der Waals surface area (Å²) in [6, 6.07) is 0. The van der Waals surface area contributed by atoms with Crippen LogP contribution in [0.15, 0.2) is 11.4 Å². The van der Waals surface area contributed by atoms with Gasteiger partial charge in [0.05, 0.1) is 18.1 Å². The lowest BCUT2D eigenvalue weighted by Crippen LogP contribution is -2.27. The summed E-state index contributed by atoms with van der Waals surface area (Å²) >= 11 is 1.70. The molecule has 0 spiro atoms. The molecule has 2 aromatic rings. The van der Waals surface area contributed by atoms with Crippen molar-refractivity contribution in [3.63, 3.8) is 0 Å². The van der Waals surface area contributed by atoms with Gasteiger partial charge in [-0.2, -0.15) is 5.10 Å². The lowest BCUT2D eigenvalue weighted by atomic mass is 10.3. The summed E-state index contributed by atoms with van der Waals surface area (Å²) in [4.78, 5) is 23.6. The Labute approximate surface area is 158 Å². The van der Waals surface area contributed by atoms with Crippen LogP contribution in [0.2, 0.25) is 0 Å². The summed E-state index contributed by atoms with van der Waals surface area (Å²) in [5.74, 6) is 2.11. The average molecular weight is 377 g/mol. The molecule has 1 fully saturated rings. The smallest absolute Gasteiger partial charge is 0.220 e. The molecule has 7 nitrogen and oxygen atoms in total. The molecule has 0 atom stereocenters. The number of nitrogens with one attached hydrogen (secondary N) is 1. The Balaban J connectivity index is 1.82. The van der Waals surface area contributed by atoms with Gasteiger partial charge >= 0.3 is 0 Å². The maximum absolute atomic E-state index is 11.7. The molecule has 1 aliphatic heterocycles. The molecule has 3 rings (SSSR count). The lowest BCUT2D eigenvalue weighted by Gasteiger charge is -2.18. The average Bonchev–Trinajstić information content (AvgIpc) is 3.30. The molecule has 0 unspecified atom stereocenters. The highest BCUT2D eigenvalue weighted by Crippen LogP contribution is 2.29. The topological polar surface area (TPSA) is 75.9 Å². The zero-order valence-electron chi connectivity index (χ0n) is 15.7. The van der Waals surface area contributed by atoms with Crippen LogP contribution >= 0.6 is 11.8 Å². The van der Waals surface area contributed by atoms with E-state index in [-0.39, 0.29) is 5.91 Å². The molecule has 1 saturated heterocycles. The summed E-state index contributed by atoms with van der Waals surface area (Å²) in [7, 11) is 0. The normalized spacial score (nSPS) is 14.3. The molecule has 0 aliphatic carbocycles. The Bertz CT molecular complexity index is 741. The highest BCUT2D eigenvalue weighted by Gasteiger charge is 2.20. The molecule has 1 amide bonds. The third-order valence-corrected chi connectivity index (χ3v) is 5.47. The number of thioether (sulfide) groups is 1. The molecule has 0 aromatic carbocycles. The van der Waals surface area contributed by atoms with Gasteiger partial charge in [-0.3, -0.25) is 4.79 Å². The second-order valence-corrected chi connectivity index (χ2v) is 7.64. The number of nitrogens with zero attached hydrogens (tertiary/aromatic N) is 5. The highest BCUT2D eigenvalue weighted by atomic mass is 32.2. The standard InChI is InChI=1S/C18H28N6OS/c1-3-7-15(25)19-8-11-24-17-14(13-20-24)16(23-9-5-6-10-23)21-18(22-17)26-12-4-2/h13H,3-12H2,1-2H3,(H,19,25). The van der Waals surface area contributed by atoms with Gasteiger partial charge in [-0.1, -0.05) is 25.6 Å². The number of amides is 1. The SMILES string of the molecule is CCCSc1nc(N2CCCC2)c2cnn(CCNC(=O)CCC)c2n1. The summed E-state index contributed by atoms with van der Waals surface area (Å²) in [5, 5.41) is 9.29. The summed E-state index contributed by atoms with van der Waals surface area (Å²) in [5.41, 5.74) is 0.866. The van der Waals surface area contributed by atoms with Crippen LogP contribution in [0.3, 0.4) is 0 Å². The van der Waals surface area contributed by atoms with E-state index in [0.29, 0.717) is 19.5 Å². The monoisotopic (exact) mass is 376 g/mol. The van der Waals surface area contributed by atoms with Crippen LogP contribution in [0.4, 0.5) is 5.82 Å². The molecule has 0 radical (unpaired) electrons. The minimum Gasteiger partial charge on any atom is -0.356 e. The van der Waals surface area contributed by atoms with E-state index in [4.69, 9.17) is 9.97 Å². The number of hydrogen-bond donors (Lipinski definition) is 1. The fraction of sp³-hybridized carbons (Fsp3) is 0.667. The van der Waals surface area contributed by atoms with E-state index in [0.717, 1.165) is 53.7 Å². The second kappa shape index (κ2) is 9.21.